The van der Waals surface area contributed by atoms with Crippen LogP contribution in [0.2, 0.25) is 0 Å². The van der Waals surface area contributed by atoms with Gasteiger partial charge < -0.3 is 24.3 Å². The van der Waals surface area contributed by atoms with Gasteiger partial charge in [-0.15, -0.1) is 0 Å². The second kappa shape index (κ2) is 7.72. The van der Waals surface area contributed by atoms with Crippen molar-refractivity contribution in [1.29, 1.82) is 0 Å². The Morgan fingerprint density at radius 1 is 0.935 bits per heavy atom. The fraction of sp³-hybridized carbons (Fsp3) is 0.160. The second-order valence-corrected chi connectivity index (χ2v) is 7.54. The monoisotopic (exact) mass is 412 g/mol. The van der Waals surface area contributed by atoms with Crippen LogP contribution in [0.15, 0.2) is 67.0 Å². The summed E-state index contributed by atoms with van der Waals surface area (Å²) in [7, 11) is 5.43. The number of anilines is 1. The molecule has 2 N–H and O–H groups in total. The fourth-order valence-electron chi connectivity index (χ4n) is 3.98. The van der Waals surface area contributed by atoms with E-state index in [4.69, 9.17) is 9.47 Å². The lowest BCUT2D eigenvalue weighted by atomic mass is 10.1. The van der Waals surface area contributed by atoms with Gasteiger partial charge in [-0.25, -0.2) is 4.98 Å². The van der Waals surface area contributed by atoms with Crippen molar-refractivity contribution in [1.82, 2.24) is 14.5 Å². The molecule has 0 radical (unpaired) electrons. The number of fused-ring (bicyclic) bond motifs is 2. The molecule has 0 saturated carbocycles. The molecule has 0 fully saturated rings. The Morgan fingerprint density at radius 2 is 1.71 bits per heavy atom. The van der Waals surface area contributed by atoms with E-state index in [1.165, 1.54) is 5.56 Å². The van der Waals surface area contributed by atoms with Crippen molar-refractivity contribution in [2.75, 3.05) is 19.5 Å². The van der Waals surface area contributed by atoms with Gasteiger partial charge in [0, 0.05) is 59.2 Å². The fourth-order valence-corrected chi connectivity index (χ4v) is 3.98. The third kappa shape index (κ3) is 3.46. The Labute approximate surface area is 180 Å². The zero-order valence-electron chi connectivity index (χ0n) is 17.8. The van der Waals surface area contributed by atoms with E-state index < -0.39 is 0 Å². The molecule has 5 rings (SSSR count). The molecule has 0 unspecified atom stereocenters. The molecule has 3 heterocycles. The number of nitrogens with one attached hydrogen (secondary N) is 2. The molecular formula is C25H24N4O2. The number of methoxy groups -OCH3 is 2. The van der Waals surface area contributed by atoms with Crippen molar-refractivity contribution in [3.8, 4) is 22.8 Å². The van der Waals surface area contributed by atoms with Gasteiger partial charge in [0.2, 0.25) is 0 Å². The van der Waals surface area contributed by atoms with Gasteiger partial charge in [0.1, 0.15) is 17.1 Å². The molecule has 0 aliphatic heterocycles. The van der Waals surface area contributed by atoms with E-state index in [0.717, 1.165) is 56.9 Å². The van der Waals surface area contributed by atoms with Gasteiger partial charge in [0.05, 0.1) is 14.2 Å². The maximum absolute atomic E-state index is 5.44. The molecule has 0 spiro atoms. The van der Waals surface area contributed by atoms with Gasteiger partial charge in [-0.1, -0.05) is 12.1 Å². The van der Waals surface area contributed by atoms with Crippen molar-refractivity contribution in [2.45, 2.75) is 6.54 Å². The Balaban J connectivity index is 1.50. The van der Waals surface area contributed by atoms with Crippen LogP contribution in [0.5, 0.6) is 11.5 Å². The summed E-state index contributed by atoms with van der Waals surface area (Å²) in [5.41, 5.74) is 6.38. The van der Waals surface area contributed by atoms with Crippen LogP contribution >= 0.6 is 0 Å². The summed E-state index contributed by atoms with van der Waals surface area (Å²) in [5, 5.41) is 5.74. The van der Waals surface area contributed by atoms with Gasteiger partial charge in [0.25, 0.3) is 0 Å². The summed E-state index contributed by atoms with van der Waals surface area (Å²) in [6.07, 6.45) is 3.96. The van der Waals surface area contributed by atoms with Gasteiger partial charge in [-0.3, -0.25) is 0 Å². The summed E-state index contributed by atoms with van der Waals surface area (Å²) in [5.74, 6) is 1.70. The Kier molecular flexibility index (Phi) is 4.75. The number of hydrogen-bond donors (Lipinski definition) is 2. The molecule has 0 amide bonds. The van der Waals surface area contributed by atoms with E-state index in [2.05, 4.69) is 63.4 Å². The first kappa shape index (κ1) is 19.1. The summed E-state index contributed by atoms with van der Waals surface area (Å²) in [6.45, 7) is 0.717. The van der Waals surface area contributed by atoms with Gasteiger partial charge in [0.15, 0.2) is 0 Å². The van der Waals surface area contributed by atoms with Crippen LogP contribution in [-0.2, 0) is 13.6 Å². The highest BCUT2D eigenvalue weighted by Crippen LogP contribution is 2.35. The molecular weight excluding hydrogens is 388 g/mol. The third-order valence-electron chi connectivity index (χ3n) is 5.66. The van der Waals surface area contributed by atoms with Crippen molar-refractivity contribution >= 4 is 27.6 Å². The van der Waals surface area contributed by atoms with Crippen LogP contribution < -0.4 is 14.8 Å². The first-order chi connectivity index (χ1) is 15.2. The van der Waals surface area contributed by atoms with Crippen molar-refractivity contribution in [3.63, 3.8) is 0 Å². The lowest BCUT2D eigenvalue weighted by Crippen LogP contribution is -1.99. The third-order valence-corrected chi connectivity index (χ3v) is 5.66. The molecule has 0 aliphatic rings. The minimum Gasteiger partial charge on any atom is -0.497 e. The molecule has 0 atom stereocenters. The first-order valence-corrected chi connectivity index (χ1v) is 10.1. The molecule has 3 aromatic heterocycles. The minimum atomic E-state index is 0.717. The maximum Gasteiger partial charge on any atom is 0.139 e. The van der Waals surface area contributed by atoms with Crippen LogP contribution in [-0.4, -0.2) is 28.8 Å². The van der Waals surface area contributed by atoms with E-state index in [-0.39, 0.29) is 0 Å². The first-order valence-electron chi connectivity index (χ1n) is 10.1. The molecule has 6 heteroatoms. The Morgan fingerprint density at radius 3 is 2.48 bits per heavy atom. The van der Waals surface area contributed by atoms with Crippen LogP contribution in [0.3, 0.4) is 0 Å². The highest BCUT2D eigenvalue weighted by molar-refractivity contribution is 6.00. The van der Waals surface area contributed by atoms with Crippen LogP contribution in [0.1, 0.15) is 5.56 Å². The number of pyridine rings is 1. The summed E-state index contributed by atoms with van der Waals surface area (Å²) in [6, 6.07) is 18.4. The number of hydrogen-bond acceptors (Lipinski definition) is 4. The molecule has 6 nitrogen and oxygen atoms in total. The number of rotatable bonds is 6. The quantitative estimate of drug-likeness (QED) is 0.395. The topological polar surface area (TPSA) is 64.1 Å². The van der Waals surface area contributed by atoms with E-state index in [1.54, 1.807) is 14.2 Å². The molecule has 31 heavy (non-hydrogen) atoms. The standard InChI is InChI=1S/C25H24N4O2/c1-29-15-21(19-12-18(31-3)8-9-24(19)29)23-13-20-22(10-11-26-25(20)28-23)27-14-16-4-6-17(30-2)7-5-16/h4-13,15H,14H2,1-3H3,(H2,26,27,28). The molecule has 0 aliphatic carbocycles. The van der Waals surface area contributed by atoms with Crippen LogP contribution in [0, 0.1) is 0 Å². The minimum absolute atomic E-state index is 0.717. The predicted octanol–water partition coefficient (Wildman–Crippen LogP) is 5.35. The van der Waals surface area contributed by atoms with E-state index in [1.807, 2.05) is 30.5 Å². The lowest BCUT2D eigenvalue weighted by molar-refractivity contribution is 0.414. The summed E-state index contributed by atoms with van der Waals surface area (Å²) < 4.78 is 12.8. The van der Waals surface area contributed by atoms with Gasteiger partial charge in [-0.2, -0.15) is 0 Å². The average Bonchev–Trinajstić information content (AvgIpc) is 3.39. The molecule has 2 aromatic carbocycles. The molecule has 0 bridgehead atoms. The smallest absolute Gasteiger partial charge is 0.139 e. The molecule has 5 aromatic rings. The van der Waals surface area contributed by atoms with Crippen molar-refractivity contribution < 1.29 is 9.47 Å². The Bertz CT molecular complexity index is 1370. The largest absolute Gasteiger partial charge is 0.497 e. The van der Waals surface area contributed by atoms with Gasteiger partial charge in [-0.05, 0) is 48.0 Å². The van der Waals surface area contributed by atoms with E-state index in [9.17, 15) is 0 Å². The van der Waals surface area contributed by atoms with E-state index >= 15 is 0 Å². The predicted molar refractivity (Wildman–Crippen MR) is 125 cm³/mol. The number of aromatic amines is 1. The number of H-pyrrole nitrogens is 1. The number of ether oxygens (including phenoxy) is 2. The second-order valence-electron chi connectivity index (χ2n) is 7.54. The van der Waals surface area contributed by atoms with E-state index in [0.29, 0.717) is 0 Å². The Hall–Kier alpha value is -3.93. The number of aryl methyl sites for hydroxylation is 1. The SMILES string of the molecule is COc1ccc(CNc2ccnc3[nH]c(-c4cn(C)c5ccc(OC)cc45)cc23)cc1. The maximum atomic E-state index is 5.44. The van der Waals surface area contributed by atoms with Crippen LogP contribution in [0.25, 0.3) is 33.2 Å². The summed E-state index contributed by atoms with van der Waals surface area (Å²) >= 11 is 0. The summed E-state index contributed by atoms with van der Waals surface area (Å²) in [4.78, 5) is 8.03. The van der Waals surface area contributed by atoms with Gasteiger partial charge >= 0.3 is 0 Å². The van der Waals surface area contributed by atoms with Crippen molar-refractivity contribution in [2.24, 2.45) is 7.05 Å². The molecule has 156 valence electrons. The molecule has 0 saturated heterocycles. The van der Waals surface area contributed by atoms with Crippen molar-refractivity contribution in [3.05, 3.63) is 72.6 Å². The number of benzene rings is 2. The highest BCUT2D eigenvalue weighted by atomic mass is 16.5. The van der Waals surface area contributed by atoms with Crippen LogP contribution in [0.4, 0.5) is 5.69 Å². The normalized spacial score (nSPS) is 11.2. The number of aromatic nitrogens is 3. The zero-order chi connectivity index (χ0) is 21.4. The number of nitrogens with zero attached hydrogens (tertiary/aromatic N) is 2. The zero-order valence-corrected chi connectivity index (χ0v) is 17.8. The lowest BCUT2D eigenvalue weighted by Gasteiger charge is -2.08. The highest BCUT2D eigenvalue weighted by Gasteiger charge is 2.14. The average molecular weight is 412 g/mol.